The van der Waals surface area contributed by atoms with Gasteiger partial charge in [-0.25, -0.2) is 5.10 Å². The fourth-order valence-corrected chi connectivity index (χ4v) is 0.421. The maximum absolute atomic E-state index is 9.94. The van der Waals surface area contributed by atoms with Gasteiger partial charge in [0, 0.05) is 0 Å². The van der Waals surface area contributed by atoms with Gasteiger partial charge in [-0.3, -0.25) is 4.79 Å². The number of nitrogens with one attached hydrogen (secondary N) is 1. The van der Waals surface area contributed by atoms with E-state index in [1.54, 1.807) is 0 Å². The molecule has 4 heteroatoms. The van der Waals surface area contributed by atoms with E-state index in [2.05, 4.69) is 15.7 Å². The smallest absolute Gasteiger partial charge is 0.255 e. The molecule has 0 aromatic carbocycles. The molecule has 0 aliphatic rings. The van der Waals surface area contributed by atoms with Gasteiger partial charge in [-0.05, 0) is 11.3 Å². The van der Waals surface area contributed by atoms with Crippen molar-refractivity contribution in [3.05, 3.63) is 15.2 Å². The number of nitrogens with zero attached hydrogens (tertiary/aromatic N) is 1. The summed E-state index contributed by atoms with van der Waals surface area (Å²) in [6.45, 7) is 0. The lowest BCUT2D eigenvalue weighted by molar-refractivity contribution is 1.05. The summed E-state index contributed by atoms with van der Waals surface area (Å²) in [5.74, 6) is 0. The maximum atomic E-state index is 9.94. The number of aromatic nitrogens is 2. The molecule has 1 rings (SSSR count). The largest absolute Gasteiger partial charge is 0.322 e. The summed E-state index contributed by atoms with van der Waals surface area (Å²) >= 11 is 0.931. The van der Waals surface area contributed by atoms with Crippen molar-refractivity contribution >= 4 is 11.3 Å². The number of hydrogen-bond acceptors (Lipinski definition) is 3. The van der Waals surface area contributed by atoms with E-state index in [0.717, 1.165) is 11.3 Å². The first kappa shape index (κ1) is 3.55. The molecule has 0 fully saturated rings. The predicted octanol–water partition coefficient (Wildman–Crippen LogP) is -0.368. The monoisotopic (exact) mass is 101 g/mol. The average molecular weight is 101 g/mol. The van der Waals surface area contributed by atoms with Crippen LogP contribution in [0.15, 0.2) is 4.79 Å². The molecule has 1 aromatic heterocycles. The molecule has 0 saturated heterocycles. The van der Waals surface area contributed by atoms with E-state index in [1.807, 2.05) is 0 Å². The molecule has 1 aromatic rings. The molecule has 31 valence electrons. The second kappa shape index (κ2) is 1.22. The molecule has 6 heavy (non-hydrogen) atoms. The van der Waals surface area contributed by atoms with Gasteiger partial charge in [0.2, 0.25) is 0 Å². The molecule has 0 unspecified atom stereocenters. The van der Waals surface area contributed by atoms with Crippen LogP contribution in [0, 0.1) is 5.51 Å². The molecule has 0 saturated carbocycles. The molecule has 1 heterocycles. The molecule has 1 radical (unpaired) electrons. The molecule has 0 spiro atoms. The van der Waals surface area contributed by atoms with Gasteiger partial charge in [0.1, 0.15) is 0 Å². The minimum absolute atomic E-state index is 0.157. The number of rotatable bonds is 0. The highest BCUT2D eigenvalue weighted by Gasteiger charge is 1.75. The zero-order chi connectivity index (χ0) is 4.41. The Morgan fingerprint density at radius 2 is 2.83 bits per heavy atom. The highest BCUT2D eigenvalue weighted by atomic mass is 32.1. The highest BCUT2D eigenvalue weighted by Crippen LogP contribution is 1.68. The number of aromatic amines is 1. The molecule has 3 nitrogen and oxygen atoms in total. The molecule has 0 atom stereocenters. The van der Waals surface area contributed by atoms with E-state index in [1.165, 1.54) is 0 Å². The molecule has 0 amide bonds. The summed E-state index contributed by atoms with van der Waals surface area (Å²) < 4.78 is 0. The second-order valence-electron chi connectivity index (χ2n) is 0.704. The van der Waals surface area contributed by atoms with Gasteiger partial charge in [0.15, 0.2) is 5.51 Å². The first-order valence-corrected chi connectivity index (χ1v) is 2.13. The first-order chi connectivity index (χ1) is 2.89. The van der Waals surface area contributed by atoms with E-state index < -0.39 is 0 Å². The summed E-state index contributed by atoms with van der Waals surface area (Å²) in [4.78, 5) is 9.78. The third-order valence-electron chi connectivity index (χ3n) is 0.331. The van der Waals surface area contributed by atoms with Crippen LogP contribution in [0.3, 0.4) is 0 Å². The van der Waals surface area contributed by atoms with Gasteiger partial charge in [-0.2, -0.15) is 5.10 Å². The minimum Gasteiger partial charge on any atom is -0.255 e. The van der Waals surface area contributed by atoms with E-state index in [-0.39, 0.29) is 4.87 Å². The van der Waals surface area contributed by atoms with Crippen LogP contribution >= 0.6 is 11.3 Å². The van der Waals surface area contributed by atoms with Gasteiger partial charge in [-0.1, -0.05) is 0 Å². The van der Waals surface area contributed by atoms with Crippen LogP contribution in [-0.2, 0) is 0 Å². The van der Waals surface area contributed by atoms with Crippen LogP contribution in [0.5, 0.6) is 0 Å². The van der Waals surface area contributed by atoms with Gasteiger partial charge in [0.25, 0.3) is 0 Å². The van der Waals surface area contributed by atoms with Crippen LogP contribution < -0.4 is 4.87 Å². The van der Waals surface area contributed by atoms with Crippen LogP contribution in [0.25, 0.3) is 0 Å². The van der Waals surface area contributed by atoms with Crippen molar-refractivity contribution in [1.29, 1.82) is 0 Å². The van der Waals surface area contributed by atoms with Gasteiger partial charge >= 0.3 is 4.87 Å². The highest BCUT2D eigenvalue weighted by molar-refractivity contribution is 7.06. The van der Waals surface area contributed by atoms with Crippen LogP contribution in [-0.4, -0.2) is 10.2 Å². The van der Waals surface area contributed by atoms with Crippen molar-refractivity contribution in [3.63, 3.8) is 0 Å². The molecule has 0 aliphatic carbocycles. The Balaban J connectivity index is 3.41. The third-order valence-corrected chi connectivity index (χ3v) is 0.790. The predicted molar refractivity (Wildman–Crippen MR) is 21.6 cm³/mol. The SMILES string of the molecule is O=c1[nH]n[c]s1. The van der Waals surface area contributed by atoms with Gasteiger partial charge in [-0.15, -0.1) is 0 Å². The second-order valence-corrected chi connectivity index (χ2v) is 1.46. The number of H-pyrrole nitrogens is 1. The van der Waals surface area contributed by atoms with Crippen molar-refractivity contribution < 1.29 is 0 Å². The van der Waals surface area contributed by atoms with E-state index in [4.69, 9.17) is 0 Å². The Morgan fingerprint density at radius 1 is 2.00 bits per heavy atom. The van der Waals surface area contributed by atoms with Crippen LogP contribution in [0.4, 0.5) is 0 Å². The zero-order valence-corrected chi connectivity index (χ0v) is 3.58. The molecule has 0 aliphatic heterocycles. The van der Waals surface area contributed by atoms with Crippen molar-refractivity contribution in [1.82, 2.24) is 10.2 Å². The summed E-state index contributed by atoms with van der Waals surface area (Å²) in [5.41, 5.74) is 2.35. The number of hydrogen-bond donors (Lipinski definition) is 1. The van der Waals surface area contributed by atoms with E-state index in [0.29, 0.717) is 0 Å². The van der Waals surface area contributed by atoms with Gasteiger partial charge < -0.3 is 0 Å². The maximum Gasteiger partial charge on any atom is 0.322 e. The van der Waals surface area contributed by atoms with E-state index >= 15 is 0 Å². The van der Waals surface area contributed by atoms with E-state index in [9.17, 15) is 4.79 Å². The minimum atomic E-state index is -0.157. The fraction of sp³-hybridized carbons (Fsp3) is 0. The van der Waals surface area contributed by atoms with Gasteiger partial charge in [0.05, 0.1) is 0 Å². The van der Waals surface area contributed by atoms with Crippen molar-refractivity contribution in [2.45, 2.75) is 0 Å². The molecular formula is C2HN2OS. The lowest BCUT2D eigenvalue weighted by Crippen LogP contribution is -1.90. The Kier molecular flexibility index (Phi) is 0.719. The van der Waals surface area contributed by atoms with Crippen molar-refractivity contribution in [2.75, 3.05) is 0 Å². The first-order valence-electron chi connectivity index (χ1n) is 1.31. The Labute approximate surface area is 37.6 Å². The lowest BCUT2D eigenvalue weighted by atomic mass is 11.5. The lowest BCUT2D eigenvalue weighted by Gasteiger charge is -1.48. The fourth-order valence-electron chi connectivity index (χ4n) is 0.156. The summed E-state index contributed by atoms with van der Waals surface area (Å²) in [6.07, 6.45) is 0. The van der Waals surface area contributed by atoms with Crippen LogP contribution in [0.2, 0.25) is 0 Å². The summed E-state index contributed by atoms with van der Waals surface area (Å²) in [5, 5.41) is 5.44. The van der Waals surface area contributed by atoms with Crippen molar-refractivity contribution in [3.8, 4) is 0 Å². The topological polar surface area (TPSA) is 45.8 Å². The summed E-state index contributed by atoms with van der Waals surface area (Å²) in [7, 11) is 0. The molecule has 0 bridgehead atoms. The Bertz CT molecular complexity index is 149. The quantitative estimate of drug-likeness (QED) is 0.484. The zero-order valence-electron chi connectivity index (χ0n) is 2.76. The normalized spacial score (nSPS) is 8.67. The third kappa shape index (κ3) is 0.463. The molecule has 1 N–H and O–H groups in total. The Morgan fingerprint density at radius 3 is 3.00 bits per heavy atom. The Hall–Kier alpha value is -0.640. The standard InChI is InChI=1S/C2HN2OS/c5-2-4-3-1-6-2/h(H,4,5). The average Bonchev–Trinajstić information content (AvgIpc) is 1.86. The van der Waals surface area contributed by atoms with Crippen LogP contribution in [0.1, 0.15) is 0 Å². The van der Waals surface area contributed by atoms with Crippen molar-refractivity contribution in [2.24, 2.45) is 0 Å². The summed E-state index contributed by atoms with van der Waals surface area (Å²) in [6, 6.07) is 0. The molecular weight excluding hydrogens is 100 g/mol.